The zero-order valence-corrected chi connectivity index (χ0v) is 10.7. The Morgan fingerprint density at radius 2 is 1.94 bits per heavy atom. The second kappa shape index (κ2) is 4.89. The van der Waals surface area contributed by atoms with Crippen molar-refractivity contribution in [2.75, 3.05) is 6.54 Å². The van der Waals surface area contributed by atoms with Crippen LogP contribution < -0.4 is 5.32 Å². The number of nitrogens with zero attached hydrogens (tertiary/aromatic N) is 1. The molecule has 1 aliphatic carbocycles. The van der Waals surface area contributed by atoms with Crippen LogP contribution in [0.5, 0.6) is 0 Å². The van der Waals surface area contributed by atoms with E-state index in [0.717, 1.165) is 24.6 Å². The number of benzene rings is 1. The van der Waals surface area contributed by atoms with Gasteiger partial charge in [0.25, 0.3) is 0 Å². The highest BCUT2D eigenvalue weighted by Gasteiger charge is 2.44. The van der Waals surface area contributed by atoms with E-state index < -0.39 is 0 Å². The Balaban J connectivity index is 1.81. The van der Waals surface area contributed by atoms with Crippen LogP contribution in [0.25, 0.3) is 0 Å². The van der Waals surface area contributed by atoms with Gasteiger partial charge in [-0.15, -0.1) is 0 Å². The Morgan fingerprint density at radius 3 is 2.41 bits per heavy atom. The van der Waals surface area contributed by atoms with Crippen LogP contribution in [0.3, 0.4) is 0 Å². The summed E-state index contributed by atoms with van der Waals surface area (Å²) in [4.78, 5) is 0. The van der Waals surface area contributed by atoms with Gasteiger partial charge in [-0.25, -0.2) is 0 Å². The maximum atomic E-state index is 8.71. The maximum Gasteiger partial charge on any atom is 0.0991 e. The molecule has 0 amide bonds. The van der Waals surface area contributed by atoms with Crippen molar-refractivity contribution < 1.29 is 0 Å². The third-order valence-electron chi connectivity index (χ3n) is 4.01. The minimum Gasteiger partial charge on any atom is -0.312 e. The summed E-state index contributed by atoms with van der Waals surface area (Å²) in [5.74, 6) is 0.774. The van der Waals surface area contributed by atoms with E-state index in [4.69, 9.17) is 5.26 Å². The SMILES string of the molecule is CC(C)C1(CNCc2ccc(C#N)cc2)CC1. The van der Waals surface area contributed by atoms with Gasteiger partial charge in [0.05, 0.1) is 11.6 Å². The molecule has 1 aromatic rings. The van der Waals surface area contributed by atoms with Crippen LogP contribution in [-0.4, -0.2) is 6.54 Å². The summed E-state index contributed by atoms with van der Waals surface area (Å²) < 4.78 is 0. The van der Waals surface area contributed by atoms with E-state index in [0.29, 0.717) is 5.41 Å². The average Bonchev–Trinajstić information content (AvgIpc) is 3.11. The first kappa shape index (κ1) is 12.1. The molecule has 17 heavy (non-hydrogen) atoms. The van der Waals surface area contributed by atoms with E-state index in [1.165, 1.54) is 18.4 Å². The molecule has 0 aromatic heterocycles. The minimum absolute atomic E-state index is 0.562. The van der Waals surface area contributed by atoms with Gasteiger partial charge in [0.1, 0.15) is 0 Å². The quantitative estimate of drug-likeness (QED) is 0.840. The summed E-state index contributed by atoms with van der Waals surface area (Å²) in [7, 11) is 0. The van der Waals surface area contributed by atoms with Gasteiger partial charge in [0.15, 0.2) is 0 Å². The van der Waals surface area contributed by atoms with Crippen molar-refractivity contribution >= 4 is 0 Å². The molecule has 0 saturated heterocycles. The van der Waals surface area contributed by atoms with E-state index in [2.05, 4.69) is 25.2 Å². The van der Waals surface area contributed by atoms with Crippen LogP contribution >= 0.6 is 0 Å². The lowest BCUT2D eigenvalue weighted by Crippen LogP contribution is -2.27. The molecule has 0 bridgehead atoms. The van der Waals surface area contributed by atoms with Crippen molar-refractivity contribution in [3.8, 4) is 6.07 Å². The van der Waals surface area contributed by atoms with Gasteiger partial charge in [0.2, 0.25) is 0 Å². The van der Waals surface area contributed by atoms with Gasteiger partial charge in [-0.2, -0.15) is 5.26 Å². The highest BCUT2D eigenvalue weighted by Crippen LogP contribution is 2.51. The molecular weight excluding hydrogens is 208 g/mol. The Hall–Kier alpha value is -1.33. The van der Waals surface area contributed by atoms with E-state index in [-0.39, 0.29) is 0 Å². The lowest BCUT2D eigenvalue weighted by Gasteiger charge is -2.20. The van der Waals surface area contributed by atoms with Crippen LogP contribution in [0, 0.1) is 22.7 Å². The van der Waals surface area contributed by atoms with Crippen molar-refractivity contribution in [2.24, 2.45) is 11.3 Å². The molecule has 1 fully saturated rings. The van der Waals surface area contributed by atoms with Gasteiger partial charge in [-0.3, -0.25) is 0 Å². The number of rotatable bonds is 5. The lowest BCUT2D eigenvalue weighted by atomic mass is 9.92. The van der Waals surface area contributed by atoms with Crippen LogP contribution in [0.2, 0.25) is 0 Å². The summed E-state index contributed by atoms with van der Waals surface area (Å²) >= 11 is 0. The highest BCUT2D eigenvalue weighted by atomic mass is 14.9. The summed E-state index contributed by atoms with van der Waals surface area (Å²) in [6.07, 6.45) is 2.73. The lowest BCUT2D eigenvalue weighted by molar-refractivity contribution is 0.338. The average molecular weight is 228 g/mol. The second-order valence-corrected chi connectivity index (χ2v) is 5.43. The zero-order valence-electron chi connectivity index (χ0n) is 10.7. The summed E-state index contributed by atoms with van der Waals surface area (Å²) in [6, 6.07) is 9.96. The van der Waals surface area contributed by atoms with E-state index in [1.54, 1.807) is 0 Å². The van der Waals surface area contributed by atoms with Crippen LogP contribution in [0.4, 0.5) is 0 Å². The van der Waals surface area contributed by atoms with Gasteiger partial charge in [0, 0.05) is 13.1 Å². The van der Waals surface area contributed by atoms with Crippen molar-refractivity contribution in [1.82, 2.24) is 5.32 Å². The number of hydrogen-bond acceptors (Lipinski definition) is 2. The molecule has 0 unspecified atom stereocenters. The first-order valence-electron chi connectivity index (χ1n) is 6.36. The van der Waals surface area contributed by atoms with E-state index >= 15 is 0 Å². The smallest absolute Gasteiger partial charge is 0.0991 e. The Morgan fingerprint density at radius 1 is 1.29 bits per heavy atom. The molecule has 0 radical (unpaired) electrons. The predicted octanol–water partition coefficient (Wildman–Crippen LogP) is 3.08. The molecule has 90 valence electrons. The van der Waals surface area contributed by atoms with Gasteiger partial charge < -0.3 is 5.32 Å². The topological polar surface area (TPSA) is 35.8 Å². The fraction of sp³-hybridized carbons (Fsp3) is 0.533. The second-order valence-electron chi connectivity index (χ2n) is 5.43. The first-order chi connectivity index (χ1) is 8.16. The van der Waals surface area contributed by atoms with E-state index in [9.17, 15) is 0 Å². The van der Waals surface area contributed by atoms with Crippen molar-refractivity contribution in [2.45, 2.75) is 33.2 Å². The van der Waals surface area contributed by atoms with E-state index in [1.807, 2.05) is 24.3 Å². The Labute approximate surface area is 104 Å². The van der Waals surface area contributed by atoms with Crippen LogP contribution in [-0.2, 0) is 6.54 Å². The molecule has 2 rings (SSSR count). The summed E-state index contributed by atoms with van der Waals surface area (Å²) in [6.45, 7) is 6.65. The van der Waals surface area contributed by atoms with Crippen LogP contribution in [0.1, 0.15) is 37.8 Å². The number of hydrogen-bond donors (Lipinski definition) is 1. The molecule has 1 N–H and O–H groups in total. The predicted molar refractivity (Wildman–Crippen MR) is 69.4 cm³/mol. The molecule has 1 aliphatic rings. The normalized spacial score (nSPS) is 16.8. The third kappa shape index (κ3) is 2.87. The Bertz CT molecular complexity index is 408. The molecular formula is C15H20N2. The third-order valence-corrected chi connectivity index (χ3v) is 4.01. The zero-order chi connectivity index (χ0) is 12.3. The number of nitriles is 1. The molecule has 0 atom stereocenters. The first-order valence-corrected chi connectivity index (χ1v) is 6.36. The molecule has 2 heteroatoms. The molecule has 0 spiro atoms. The van der Waals surface area contributed by atoms with Crippen molar-refractivity contribution in [3.05, 3.63) is 35.4 Å². The van der Waals surface area contributed by atoms with Gasteiger partial charge >= 0.3 is 0 Å². The fourth-order valence-electron chi connectivity index (χ4n) is 2.27. The fourth-order valence-corrected chi connectivity index (χ4v) is 2.27. The van der Waals surface area contributed by atoms with Crippen molar-refractivity contribution in [1.29, 1.82) is 5.26 Å². The maximum absolute atomic E-state index is 8.71. The van der Waals surface area contributed by atoms with Gasteiger partial charge in [-0.1, -0.05) is 26.0 Å². The van der Waals surface area contributed by atoms with Crippen LogP contribution in [0.15, 0.2) is 24.3 Å². The molecule has 1 aromatic carbocycles. The van der Waals surface area contributed by atoms with Crippen molar-refractivity contribution in [3.63, 3.8) is 0 Å². The molecule has 1 saturated carbocycles. The standard InChI is InChI=1S/C15H20N2/c1-12(2)15(7-8-15)11-17-10-14-5-3-13(9-16)4-6-14/h3-6,12,17H,7-8,10-11H2,1-2H3. The number of nitrogens with one attached hydrogen (secondary N) is 1. The highest BCUT2D eigenvalue weighted by molar-refractivity contribution is 5.31. The van der Waals surface area contributed by atoms with Gasteiger partial charge in [-0.05, 0) is 41.9 Å². The largest absolute Gasteiger partial charge is 0.312 e. The summed E-state index contributed by atoms with van der Waals surface area (Å²) in [5, 5.41) is 12.3. The minimum atomic E-state index is 0.562. The molecule has 0 heterocycles. The Kier molecular flexibility index (Phi) is 3.49. The summed E-state index contributed by atoms with van der Waals surface area (Å²) in [5.41, 5.74) is 2.55. The molecule has 0 aliphatic heterocycles. The molecule has 2 nitrogen and oxygen atoms in total. The monoisotopic (exact) mass is 228 g/mol.